The molecule has 0 atom stereocenters. The molecule has 1 aromatic rings. The van der Waals surface area contributed by atoms with Crippen LogP contribution in [0.5, 0.6) is 0 Å². The second kappa shape index (κ2) is 7.11. The van der Waals surface area contributed by atoms with Gasteiger partial charge in [-0.2, -0.15) is 0 Å². The van der Waals surface area contributed by atoms with Crippen LogP contribution in [0.25, 0.3) is 0 Å². The summed E-state index contributed by atoms with van der Waals surface area (Å²) in [5.41, 5.74) is 2.18. The van der Waals surface area contributed by atoms with Gasteiger partial charge in [-0.25, -0.2) is 0 Å². The lowest BCUT2D eigenvalue weighted by Gasteiger charge is -2.27. The van der Waals surface area contributed by atoms with Crippen LogP contribution in [0.1, 0.15) is 64.4 Å². The lowest BCUT2D eigenvalue weighted by Crippen LogP contribution is -2.37. The Morgan fingerprint density at radius 1 is 0.952 bits per heavy atom. The van der Waals surface area contributed by atoms with E-state index in [0.29, 0.717) is 11.8 Å². The Kier molecular flexibility index (Phi) is 6.00. The zero-order chi connectivity index (χ0) is 16.2. The van der Waals surface area contributed by atoms with Crippen LogP contribution >= 0.6 is 0 Å². The van der Waals surface area contributed by atoms with Gasteiger partial charge in [-0.3, -0.25) is 4.79 Å². The highest BCUT2D eigenvalue weighted by Gasteiger charge is 2.19. The van der Waals surface area contributed by atoms with E-state index in [-0.39, 0.29) is 11.3 Å². The van der Waals surface area contributed by atoms with E-state index in [1.165, 1.54) is 5.56 Å². The lowest BCUT2D eigenvalue weighted by molar-refractivity contribution is 0.0715. The van der Waals surface area contributed by atoms with Gasteiger partial charge >= 0.3 is 0 Å². The molecule has 0 saturated carbocycles. The fourth-order valence-electron chi connectivity index (χ4n) is 2.42. The van der Waals surface area contributed by atoms with Gasteiger partial charge in [0, 0.05) is 18.7 Å². The SMILES string of the molecule is CC(C)CN(CC(C)C)C(=O)c1ccc(C(C)(C)C)cc1. The van der Waals surface area contributed by atoms with E-state index in [9.17, 15) is 4.79 Å². The van der Waals surface area contributed by atoms with Crippen LogP contribution < -0.4 is 0 Å². The largest absolute Gasteiger partial charge is 0.338 e. The summed E-state index contributed by atoms with van der Waals surface area (Å²) in [5, 5.41) is 0. The highest BCUT2D eigenvalue weighted by Crippen LogP contribution is 2.22. The molecule has 0 heterocycles. The Morgan fingerprint density at radius 3 is 1.71 bits per heavy atom. The van der Waals surface area contributed by atoms with E-state index in [1.54, 1.807) is 0 Å². The van der Waals surface area contributed by atoms with E-state index in [4.69, 9.17) is 0 Å². The van der Waals surface area contributed by atoms with Crippen molar-refractivity contribution in [3.8, 4) is 0 Å². The maximum absolute atomic E-state index is 12.7. The predicted octanol–water partition coefficient (Wildman–Crippen LogP) is 4.74. The Morgan fingerprint density at radius 2 is 1.38 bits per heavy atom. The van der Waals surface area contributed by atoms with Crippen molar-refractivity contribution in [1.82, 2.24) is 4.90 Å². The molecule has 0 saturated heterocycles. The summed E-state index contributed by atoms with van der Waals surface area (Å²) < 4.78 is 0. The van der Waals surface area contributed by atoms with Gasteiger partial charge in [0.1, 0.15) is 0 Å². The topological polar surface area (TPSA) is 20.3 Å². The molecule has 2 heteroatoms. The van der Waals surface area contributed by atoms with Crippen molar-refractivity contribution >= 4 is 5.91 Å². The van der Waals surface area contributed by atoms with Gasteiger partial charge < -0.3 is 4.90 Å². The molecule has 0 aliphatic rings. The van der Waals surface area contributed by atoms with Crippen LogP contribution in [-0.4, -0.2) is 23.9 Å². The first kappa shape index (κ1) is 17.7. The van der Waals surface area contributed by atoms with Crippen molar-refractivity contribution in [2.45, 2.75) is 53.9 Å². The monoisotopic (exact) mass is 289 g/mol. The maximum atomic E-state index is 12.7. The molecule has 0 radical (unpaired) electrons. The minimum absolute atomic E-state index is 0.122. The molecule has 0 spiro atoms. The minimum atomic E-state index is 0.122. The summed E-state index contributed by atoms with van der Waals surface area (Å²) >= 11 is 0. The zero-order valence-corrected chi connectivity index (χ0v) is 14.7. The first-order valence-corrected chi connectivity index (χ1v) is 8.01. The average Bonchev–Trinajstić information content (AvgIpc) is 2.35. The minimum Gasteiger partial charge on any atom is -0.338 e. The van der Waals surface area contributed by atoms with Gasteiger partial charge in [0.05, 0.1) is 0 Å². The third-order valence-corrected chi connectivity index (χ3v) is 3.46. The molecule has 0 aromatic heterocycles. The molecule has 0 unspecified atom stereocenters. The number of hydrogen-bond donors (Lipinski definition) is 0. The number of amides is 1. The Balaban J connectivity index is 2.93. The molecule has 1 aromatic carbocycles. The van der Waals surface area contributed by atoms with Gasteiger partial charge in [0.25, 0.3) is 5.91 Å². The molecular weight excluding hydrogens is 258 g/mol. The summed E-state index contributed by atoms with van der Waals surface area (Å²) in [5.74, 6) is 1.13. The number of hydrogen-bond acceptors (Lipinski definition) is 1. The summed E-state index contributed by atoms with van der Waals surface area (Å²) in [6, 6.07) is 8.10. The van der Waals surface area contributed by atoms with Crippen LogP contribution in [0.3, 0.4) is 0 Å². The quantitative estimate of drug-likeness (QED) is 0.767. The average molecular weight is 289 g/mol. The highest BCUT2D eigenvalue weighted by molar-refractivity contribution is 5.94. The molecular formula is C19H31NO. The second-order valence-corrected chi connectivity index (χ2v) is 7.83. The highest BCUT2D eigenvalue weighted by atomic mass is 16.2. The third kappa shape index (κ3) is 5.53. The molecule has 0 fully saturated rings. The van der Waals surface area contributed by atoms with E-state index >= 15 is 0 Å². The maximum Gasteiger partial charge on any atom is 0.253 e. The van der Waals surface area contributed by atoms with Crippen molar-refractivity contribution in [3.05, 3.63) is 35.4 Å². The van der Waals surface area contributed by atoms with Crippen molar-refractivity contribution in [2.24, 2.45) is 11.8 Å². The smallest absolute Gasteiger partial charge is 0.253 e. The number of nitrogens with zero attached hydrogens (tertiary/aromatic N) is 1. The Labute approximate surface area is 130 Å². The van der Waals surface area contributed by atoms with Crippen LogP contribution in [0.4, 0.5) is 0 Å². The summed E-state index contributed by atoms with van der Waals surface area (Å²) in [4.78, 5) is 14.7. The fourth-order valence-corrected chi connectivity index (χ4v) is 2.42. The molecule has 1 amide bonds. The number of rotatable bonds is 5. The van der Waals surface area contributed by atoms with Crippen LogP contribution in [0.2, 0.25) is 0 Å². The second-order valence-electron chi connectivity index (χ2n) is 7.83. The number of benzene rings is 1. The van der Waals surface area contributed by atoms with Crippen molar-refractivity contribution in [1.29, 1.82) is 0 Å². The zero-order valence-electron chi connectivity index (χ0n) is 14.7. The van der Waals surface area contributed by atoms with E-state index < -0.39 is 0 Å². The van der Waals surface area contributed by atoms with Crippen LogP contribution in [0, 0.1) is 11.8 Å². The standard InChI is InChI=1S/C19H31NO/c1-14(2)12-20(13-15(3)4)18(21)16-8-10-17(11-9-16)19(5,6)7/h8-11,14-15H,12-13H2,1-7H3. The molecule has 118 valence electrons. The molecule has 1 rings (SSSR count). The van der Waals surface area contributed by atoms with Crippen LogP contribution in [0.15, 0.2) is 24.3 Å². The van der Waals surface area contributed by atoms with Gasteiger partial charge in [-0.1, -0.05) is 60.6 Å². The van der Waals surface area contributed by atoms with Gasteiger partial charge in [-0.15, -0.1) is 0 Å². The number of carbonyl (C=O) groups is 1. The molecule has 2 nitrogen and oxygen atoms in total. The normalized spacial score (nSPS) is 12.0. The van der Waals surface area contributed by atoms with Crippen LogP contribution in [-0.2, 0) is 5.41 Å². The van der Waals surface area contributed by atoms with E-state index in [1.807, 2.05) is 17.0 Å². The van der Waals surface area contributed by atoms with E-state index in [2.05, 4.69) is 60.6 Å². The Bertz CT molecular complexity index is 441. The lowest BCUT2D eigenvalue weighted by atomic mass is 9.86. The van der Waals surface area contributed by atoms with Gasteiger partial charge in [0.15, 0.2) is 0 Å². The predicted molar refractivity (Wildman–Crippen MR) is 90.7 cm³/mol. The van der Waals surface area contributed by atoms with Crippen molar-refractivity contribution in [2.75, 3.05) is 13.1 Å². The summed E-state index contributed by atoms with van der Waals surface area (Å²) in [7, 11) is 0. The summed E-state index contributed by atoms with van der Waals surface area (Å²) in [6.07, 6.45) is 0. The summed E-state index contributed by atoms with van der Waals surface area (Å²) in [6.45, 7) is 16.8. The van der Waals surface area contributed by atoms with Gasteiger partial charge in [0.2, 0.25) is 0 Å². The first-order chi connectivity index (χ1) is 9.61. The van der Waals surface area contributed by atoms with Crippen molar-refractivity contribution < 1.29 is 4.79 Å². The number of carbonyl (C=O) groups excluding carboxylic acids is 1. The first-order valence-electron chi connectivity index (χ1n) is 8.01. The fraction of sp³-hybridized carbons (Fsp3) is 0.632. The van der Waals surface area contributed by atoms with E-state index in [0.717, 1.165) is 18.7 Å². The van der Waals surface area contributed by atoms with Crippen molar-refractivity contribution in [3.63, 3.8) is 0 Å². The molecule has 0 N–H and O–H groups in total. The third-order valence-electron chi connectivity index (χ3n) is 3.46. The molecule has 0 aliphatic carbocycles. The molecule has 0 bridgehead atoms. The Hall–Kier alpha value is -1.31. The molecule has 0 aliphatic heterocycles. The van der Waals surface area contributed by atoms with Gasteiger partial charge in [-0.05, 0) is 34.9 Å². The molecule has 21 heavy (non-hydrogen) atoms.